The minimum absolute atomic E-state index is 0. The molecule has 0 bridgehead atoms. The second kappa shape index (κ2) is 8.42. The Balaban J connectivity index is -0.000000563. The Bertz CT molecular complexity index is 344. The van der Waals surface area contributed by atoms with Crippen molar-refractivity contribution in [3.05, 3.63) is 29.0 Å². The maximum Gasteiger partial charge on any atom is -0.870 e. The van der Waals surface area contributed by atoms with Crippen LogP contribution in [-0.4, -0.2) is 55.7 Å². The van der Waals surface area contributed by atoms with E-state index < -0.39 is 11.2 Å². The van der Waals surface area contributed by atoms with Crippen LogP contribution in [-0.2, 0) is 0 Å². The van der Waals surface area contributed by atoms with Crippen molar-refractivity contribution >= 4 is 38.2 Å². The van der Waals surface area contributed by atoms with Gasteiger partial charge in [-0.25, -0.2) is 0 Å². The van der Waals surface area contributed by atoms with E-state index in [4.69, 9.17) is 10.3 Å². The van der Waals surface area contributed by atoms with Crippen molar-refractivity contribution in [3.8, 4) is 0 Å². The zero-order chi connectivity index (χ0) is 10.0. The zero-order valence-electron chi connectivity index (χ0n) is 7.89. The summed E-state index contributed by atoms with van der Waals surface area (Å²) in [5.74, 6) is -1.21. The molecular formula is C7H12NO7Sb-. The summed E-state index contributed by atoms with van der Waals surface area (Å²) in [4.78, 5) is 10.6. The van der Waals surface area contributed by atoms with Crippen molar-refractivity contribution in [2.24, 2.45) is 0 Å². The van der Waals surface area contributed by atoms with Crippen molar-refractivity contribution in [1.82, 2.24) is 0 Å². The van der Waals surface area contributed by atoms with Gasteiger partial charge in [-0.15, -0.1) is 0 Å². The Labute approximate surface area is 104 Å². The third-order valence-corrected chi connectivity index (χ3v) is 2.37. The summed E-state index contributed by atoms with van der Waals surface area (Å²) in [6, 6.07) is 4.30. The van der Waals surface area contributed by atoms with Crippen LogP contribution in [0.2, 0.25) is 0 Å². The molecule has 0 aromatic heterocycles. The third kappa shape index (κ3) is 4.86. The fourth-order valence-electron chi connectivity index (χ4n) is 0.908. The zero-order valence-corrected chi connectivity index (χ0v) is 10.7. The predicted octanol–water partition coefficient (Wildman–Crippen LogP) is -3.51. The Morgan fingerprint density at radius 3 is 2.25 bits per heavy atom. The largest absolute Gasteiger partial charge is 0.870 e. The van der Waals surface area contributed by atoms with Gasteiger partial charge in [0.15, 0.2) is 0 Å². The van der Waals surface area contributed by atoms with Gasteiger partial charge < -0.3 is 16.4 Å². The molecule has 0 spiro atoms. The number of quaternary nitrogens is 1. The summed E-state index contributed by atoms with van der Waals surface area (Å²) in [7, 11) is 0. The first kappa shape index (κ1) is 20.7. The first-order valence-electron chi connectivity index (χ1n) is 3.34. The number of aromatic carboxylic acids is 1. The summed E-state index contributed by atoms with van der Waals surface area (Å²) in [6.07, 6.45) is 0. The second-order valence-corrected chi connectivity index (χ2v) is 4.02. The molecule has 1 rings (SSSR count). The van der Waals surface area contributed by atoms with E-state index >= 15 is 0 Å². The van der Waals surface area contributed by atoms with E-state index in [9.17, 15) is 10.0 Å². The average Bonchev–Trinajstić information content (AvgIpc) is 2.03. The smallest absolute Gasteiger partial charge is 0.870 e. The minimum atomic E-state index is -1.21. The first-order valence-corrected chi connectivity index (χ1v) is 4.77. The Kier molecular flexibility index (Phi) is 10.9. The van der Waals surface area contributed by atoms with Crippen LogP contribution in [0, 0.1) is 5.21 Å². The molecule has 0 amide bonds. The minimum Gasteiger partial charge on any atom is -0.870 e. The summed E-state index contributed by atoms with van der Waals surface area (Å²) in [6.45, 7) is 0. The molecule has 16 heavy (non-hydrogen) atoms. The summed E-state index contributed by atoms with van der Waals surface area (Å²) < 4.78 is 0.814. The number of benzene rings is 1. The maximum atomic E-state index is 10.6. The van der Waals surface area contributed by atoms with Gasteiger partial charge in [0.25, 0.3) is 0 Å². The molecule has 0 heterocycles. The topological polar surface area (TPSA) is 178 Å². The summed E-state index contributed by atoms with van der Waals surface area (Å²) in [5, 5.41) is 26.8. The first-order chi connectivity index (χ1) is 6.02. The van der Waals surface area contributed by atoms with Crippen LogP contribution in [0.4, 0.5) is 5.69 Å². The van der Waals surface area contributed by atoms with Crippen molar-refractivity contribution in [2.45, 2.75) is 0 Å². The molecular weight excluding hydrogens is 332 g/mol. The second-order valence-electron chi connectivity index (χ2n) is 2.37. The number of hydrogen-bond acceptors (Lipinski definition) is 4. The maximum absolute atomic E-state index is 10.6. The molecule has 9 heteroatoms. The van der Waals surface area contributed by atoms with E-state index in [-0.39, 0.29) is 27.7 Å². The van der Waals surface area contributed by atoms with Gasteiger partial charge in [-0.05, 0) is 0 Å². The van der Waals surface area contributed by atoms with E-state index in [1.165, 1.54) is 12.1 Å². The third-order valence-electron chi connectivity index (χ3n) is 1.48. The number of hydrogen-bond donors (Lipinski definition) is 3. The van der Waals surface area contributed by atoms with Gasteiger partial charge in [0.1, 0.15) is 0 Å². The van der Waals surface area contributed by atoms with Crippen LogP contribution < -0.4 is 8.74 Å². The number of carboxylic acid groups (broad SMARTS) is 1. The van der Waals surface area contributed by atoms with Crippen molar-refractivity contribution in [1.29, 1.82) is 0 Å². The van der Waals surface area contributed by atoms with Crippen molar-refractivity contribution < 1.29 is 36.8 Å². The monoisotopic (exact) mass is 343 g/mol. The van der Waals surface area contributed by atoms with E-state index in [0.717, 1.165) is 26.5 Å². The average molecular weight is 344 g/mol. The molecule has 0 aliphatic rings. The normalized spacial score (nSPS) is 10.2. The van der Waals surface area contributed by atoms with Crippen LogP contribution in [0.1, 0.15) is 10.4 Å². The SMILES string of the molecule is O.O.O=C(O)c1cc[c]([SbH])cc1[NH+]([O-])O.[OH-]. The summed E-state index contributed by atoms with van der Waals surface area (Å²) in [5.41, 5.74) is -0.319. The van der Waals surface area contributed by atoms with Gasteiger partial charge in [-0.1, -0.05) is 0 Å². The van der Waals surface area contributed by atoms with Gasteiger partial charge in [-0.2, -0.15) is 0 Å². The van der Waals surface area contributed by atoms with Crippen LogP contribution in [0.25, 0.3) is 0 Å². The molecule has 0 saturated heterocycles. The summed E-state index contributed by atoms with van der Waals surface area (Å²) >= 11 is 1.06. The Hall–Kier alpha value is -0.732. The van der Waals surface area contributed by atoms with E-state index in [1.54, 1.807) is 6.07 Å². The van der Waals surface area contributed by atoms with Crippen molar-refractivity contribution in [2.75, 3.05) is 0 Å². The van der Waals surface area contributed by atoms with Gasteiger partial charge in [-0.3, -0.25) is 0 Å². The molecule has 1 unspecified atom stereocenters. The molecule has 1 aromatic carbocycles. The molecule has 8 N–H and O–H groups in total. The van der Waals surface area contributed by atoms with Gasteiger partial charge in [0.05, 0.1) is 0 Å². The van der Waals surface area contributed by atoms with Crippen LogP contribution in [0.3, 0.4) is 0 Å². The van der Waals surface area contributed by atoms with Gasteiger partial charge in [0.2, 0.25) is 0 Å². The molecule has 0 aliphatic carbocycles. The number of carboxylic acids is 1. The predicted molar refractivity (Wildman–Crippen MR) is 55.1 cm³/mol. The fraction of sp³-hybridized carbons (Fsp3) is 0. The van der Waals surface area contributed by atoms with Crippen LogP contribution >= 0.6 is 0 Å². The van der Waals surface area contributed by atoms with Gasteiger partial charge in [0, 0.05) is 0 Å². The van der Waals surface area contributed by atoms with E-state index in [1.807, 2.05) is 0 Å². The Morgan fingerprint density at radius 2 is 1.88 bits per heavy atom. The van der Waals surface area contributed by atoms with Crippen molar-refractivity contribution in [3.63, 3.8) is 0 Å². The molecule has 0 saturated carbocycles. The molecule has 8 nitrogen and oxygen atoms in total. The van der Waals surface area contributed by atoms with Crippen LogP contribution in [0.15, 0.2) is 18.2 Å². The molecule has 1 aromatic rings. The number of rotatable bonds is 2. The number of nitrogens with one attached hydrogen (secondary N) is 1. The molecule has 93 valence electrons. The quantitative estimate of drug-likeness (QED) is 0.371. The molecule has 0 fully saturated rings. The van der Waals surface area contributed by atoms with Gasteiger partial charge >= 0.3 is 87.5 Å². The van der Waals surface area contributed by atoms with E-state index in [0.29, 0.717) is 0 Å². The molecule has 1 radical (unpaired) electrons. The Morgan fingerprint density at radius 1 is 1.38 bits per heavy atom. The molecule has 1 atom stereocenters. The van der Waals surface area contributed by atoms with Crippen LogP contribution in [0.5, 0.6) is 0 Å². The van der Waals surface area contributed by atoms with E-state index in [2.05, 4.69) is 0 Å². The molecule has 0 aliphatic heterocycles. The fourth-order valence-corrected chi connectivity index (χ4v) is 1.56. The standard InChI is InChI=1S/C7H6NO4.3H2O.Sb.H/c9-7(10)5-3-1-2-4-6(5)8(11)12;;;;;/h1,3-4,8,11H,(H,9,10);3*1H2;;/p-1. The number of carbonyl (C=O) groups is 1.